The van der Waals surface area contributed by atoms with Crippen molar-refractivity contribution < 1.29 is 4.39 Å². The lowest BCUT2D eigenvalue weighted by atomic mass is 10.1. The third kappa shape index (κ3) is 2.19. The smallest absolute Gasteiger partial charge is 0.146 e. The highest BCUT2D eigenvalue weighted by molar-refractivity contribution is 5.28. The fourth-order valence-corrected chi connectivity index (χ4v) is 1.80. The minimum absolute atomic E-state index is 0.390. The predicted molar refractivity (Wildman–Crippen MR) is 62.8 cm³/mol. The molecule has 0 fully saturated rings. The number of halogens is 1. The van der Waals surface area contributed by atoms with Gasteiger partial charge in [-0.05, 0) is 18.6 Å². The van der Waals surface area contributed by atoms with Crippen LogP contribution in [0.15, 0.2) is 24.5 Å². The van der Waals surface area contributed by atoms with Crippen LogP contribution < -0.4 is 5.73 Å². The lowest BCUT2D eigenvalue weighted by Gasteiger charge is -2.12. The molecule has 0 aromatic carbocycles. The highest BCUT2D eigenvalue weighted by Gasteiger charge is 2.17. The van der Waals surface area contributed by atoms with Crippen LogP contribution in [0.5, 0.6) is 0 Å². The van der Waals surface area contributed by atoms with Crippen LogP contribution in [0.25, 0.3) is 0 Å². The first-order valence-corrected chi connectivity index (χ1v) is 5.51. The molecule has 2 aromatic heterocycles. The first-order valence-electron chi connectivity index (χ1n) is 5.51. The topological polar surface area (TPSA) is 56.7 Å². The zero-order chi connectivity index (χ0) is 12.4. The van der Waals surface area contributed by atoms with Gasteiger partial charge in [0.05, 0.1) is 23.6 Å². The number of nitrogens with two attached hydrogens (primary N) is 1. The number of hydrogen-bond acceptors (Lipinski definition) is 3. The SMILES string of the molecule is CCc1cc(C(N)c2ccncc2F)n(C)n1. The summed E-state index contributed by atoms with van der Waals surface area (Å²) in [6.45, 7) is 2.02. The zero-order valence-electron chi connectivity index (χ0n) is 9.89. The van der Waals surface area contributed by atoms with E-state index in [1.54, 1.807) is 10.7 Å². The van der Waals surface area contributed by atoms with Gasteiger partial charge in [-0.3, -0.25) is 9.67 Å². The van der Waals surface area contributed by atoms with Gasteiger partial charge in [0.25, 0.3) is 0 Å². The predicted octanol–water partition coefficient (Wildman–Crippen LogP) is 1.56. The molecule has 0 bridgehead atoms. The van der Waals surface area contributed by atoms with E-state index in [2.05, 4.69) is 10.1 Å². The molecule has 2 heterocycles. The van der Waals surface area contributed by atoms with E-state index in [4.69, 9.17) is 5.73 Å². The Balaban J connectivity index is 2.40. The van der Waals surface area contributed by atoms with Gasteiger partial charge in [-0.2, -0.15) is 5.10 Å². The van der Waals surface area contributed by atoms with Gasteiger partial charge in [-0.1, -0.05) is 6.92 Å². The summed E-state index contributed by atoms with van der Waals surface area (Å²) in [6.07, 6.45) is 3.54. The Morgan fingerprint density at radius 1 is 1.53 bits per heavy atom. The average molecular weight is 234 g/mol. The molecule has 0 saturated carbocycles. The fourth-order valence-electron chi connectivity index (χ4n) is 1.80. The average Bonchev–Trinajstić information content (AvgIpc) is 2.70. The third-order valence-electron chi connectivity index (χ3n) is 2.79. The maximum atomic E-state index is 13.6. The summed E-state index contributed by atoms with van der Waals surface area (Å²) in [5.74, 6) is -0.390. The van der Waals surface area contributed by atoms with Crippen LogP contribution in [0.2, 0.25) is 0 Å². The molecule has 1 atom stereocenters. The minimum Gasteiger partial charge on any atom is -0.319 e. The van der Waals surface area contributed by atoms with Gasteiger partial charge in [0.1, 0.15) is 5.82 Å². The second-order valence-electron chi connectivity index (χ2n) is 3.91. The summed E-state index contributed by atoms with van der Waals surface area (Å²) >= 11 is 0. The summed E-state index contributed by atoms with van der Waals surface area (Å²) < 4.78 is 15.3. The van der Waals surface area contributed by atoms with Crippen LogP contribution in [0.3, 0.4) is 0 Å². The van der Waals surface area contributed by atoms with Gasteiger partial charge in [-0.25, -0.2) is 4.39 Å². The molecule has 1 unspecified atom stereocenters. The fraction of sp³-hybridized carbons (Fsp3) is 0.333. The van der Waals surface area contributed by atoms with Crippen molar-refractivity contribution in [3.8, 4) is 0 Å². The minimum atomic E-state index is -0.518. The highest BCUT2D eigenvalue weighted by atomic mass is 19.1. The van der Waals surface area contributed by atoms with Crippen molar-refractivity contribution in [2.24, 2.45) is 12.8 Å². The van der Waals surface area contributed by atoms with Crippen LogP contribution in [0, 0.1) is 5.82 Å². The van der Waals surface area contributed by atoms with E-state index in [0.29, 0.717) is 5.56 Å². The molecule has 4 nitrogen and oxygen atoms in total. The summed E-state index contributed by atoms with van der Waals surface area (Å²) in [5, 5.41) is 4.30. The molecule has 2 aromatic rings. The van der Waals surface area contributed by atoms with Gasteiger partial charge in [0.15, 0.2) is 0 Å². The Bertz CT molecular complexity index is 521. The normalized spacial score (nSPS) is 12.7. The molecular weight excluding hydrogens is 219 g/mol. The number of pyridine rings is 1. The highest BCUT2D eigenvalue weighted by Crippen LogP contribution is 2.21. The van der Waals surface area contributed by atoms with Crippen molar-refractivity contribution in [3.63, 3.8) is 0 Å². The van der Waals surface area contributed by atoms with E-state index < -0.39 is 6.04 Å². The summed E-state index contributed by atoms with van der Waals surface area (Å²) in [5.41, 5.74) is 8.24. The third-order valence-corrected chi connectivity index (χ3v) is 2.79. The first kappa shape index (κ1) is 11.7. The van der Waals surface area contributed by atoms with Crippen molar-refractivity contribution in [3.05, 3.63) is 47.3 Å². The molecule has 90 valence electrons. The lowest BCUT2D eigenvalue weighted by molar-refractivity contribution is 0.580. The molecule has 5 heteroatoms. The van der Waals surface area contributed by atoms with Crippen molar-refractivity contribution in [1.29, 1.82) is 0 Å². The van der Waals surface area contributed by atoms with Crippen LogP contribution >= 0.6 is 0 Å². The number of nitrogens with zero attached hydrogens (tertiary/aromatic N) is 3. The van der Waals surface area contributed by atoms with E-state index in [-0.39, 0.29) is 5.82 Å². The van der Waals surface area contributed by atoms with Gasteiger partial charge in [0.2, 0.25) is 0 Å². The monoisotopic (exact) mass is 234 g/mol. The standard InChI is InChI=1S/C12H15FN4/c1-3-8-6-11(17(2)16-8)12(14)9-4-5-15-7-10(9)13/h4-7,12H,3,14H2,1-2H3. The Hall–Kier alpha value is -1.75. The first-order chi connectivity index (χ1) is 8.13. The van der Waals surface area contributed by atoms with Crippen molar-refractivity contribution in [2.45, 2.75) is 19.4 Å². The molecule has 0 amide bonds. The van der Waals surface area contributed by atoms with E-state index in [1.807, 2.05) is 20.0 Å². The second kappa shape index (κ2) is 4.63. The van der Waals surface area contributed by atoms with Crippen LogP contribution in [-0.4, -0.2) is 14.8 Å². The summed E-state index contributed by atoms with van der Waals surface area (Å²) in [4.78, 5) is 3.71. The molecule has 0 aliphatic rings. The number of rotatable bonds is 3. The number of hydrogen-bond donors (Lipinski definition) is 1. The van der Waals surface area contributed by atoms with Crippen molar-refractivity contribution in [2.75, 3.05) is 0 Å². The molecular formula is C12H15FN4. The number of aromatic nitrogens is 3. The molecule has 0 aliphatic carbocycles. The zero-order valence-corrected chi connectivity index (χ0v) is 9.89. The second-order valence-corrected chi connectivity index (χ2v) is 3.91. The lowest BCUT2D eigenvalue weighted by Crippen LogP contribution is -2.17. The Kier molecular flexibility index (Phi) is 3.19. The molecule has 2 rings (SSSR count). The van der Waals surface area contributed by atoms with Crippen LogP contribution in [-0.2, 0) is 13.5 Å². The van der Waals surface area contributed by atoms with Crippen molar-refractivity contribution >= 4 is 0 Å². The molecule has 17 heavy (non-hydrogen) atoms. The molecule has 2 N–H and O–H groups in total. The van der Waals surface area contributed by atoms with Crippen LogP contribution in [0.1, 0.15) is 29.9 Å². The Morgan fingerprint density at radius 2 is 2.29 bits per heavy atom. The van der Waals surface area contributed by atoms with E-state index >= 15 is 0 Å². The molecule has 0 aliphatic heterocycles. The van der Waals surface area contributed by atoms with Gasteiger partial charge >= 0.3 is 0 Å². The van der Waals surface area contributed by atoms with E-state index in [0.717, 1.165) is 17.8 Å². The van der Waals surface area contributed by atoms with Gasteiger partial charge in [-0.15, -0.1) is 0 Å². The quantitative estimate of drug-likeness (QED) is 0.877. The van der Waals surface area contributed by atoms with E-state index in [9.17, 15) is 4.39 Å². The maximum Gasteiger partial charge on any atom is 0.146 e. The number of aryl methyl sites for hydroxylation is 2. The van der Waals surface area contributed by atoms with Crippen molar-refractivity contribution in [1.82, 2.24) is 14.8 Å². The van der Waals surface area contributed by atoms with Crippen LogP contribution in [0.4, 0.5) is 4.39 Å². The summed E-state index contributed by atoms with van der Waals surface area (Å²) in [7, 11) is 1.81. The maximum absolute atomic E-state index is 13.6. The molecule has 0 saturated heterocycles. The molecule has 0 radical (unpaired) electrons. The van der Waals surface area contributed by atoms with Gasteiger partial charge < -0.3 is 5.73 Å². The Morgan fingerprint density at radius 3 is 2.88 bits per heavy atom. The van der Waals surface area contributed by atoms with E-state index in [1.165, 1.54) is 12.4 Å². The van der Waals surface area contributed by atoms with Gasteiger partial charge in [0, 0.05) is 18.8 Å². The summed E-state index contributed by atoms with van der Waals surface area (Å²) in [6, 6.07) is 2.99. The Labute approximate surface area is 99.3 Å². The molecule has 0 spiro atoms. The largest absolute Gasteiger partial charge is 0.319 e.